The molecule has 0 amide bonds. The Labute approximate surface area is 264 Å². The molecule has 2 fully saturated rings. The monoisotopic (exact) mass is 600 g/mol. The molecule has 0 radical (unpaired) electrons. The summed E-state index contributed by atoms with van der Waals surface area (Å²) < 4.78 is 45.2. The number of aryl methyl sites for hydroxylation is 1. The Morgan fingerprint density at radius 3 is 1.95 bits per heavy atom. The molecule has 0 atom stereocenters. The SMILES string of the molecule is CC=CCCCc1ccc(-c2ccc(-c3ccc(C4CCC(C5CCC(CCCCC)CC5)CC4)cc3F)cc2)c(F)c1F. The van der Waals surface area contributed by atoms with Crippen molar-refractivity contribution in [1.82, 2.24) is 0 Å². The number of hydrogen-bond acceptors (Lipinski definition) is 0. The predicted molar refractivity (Wildman–Crippen MR) is 179 cm³/mol. The molecule has 2 saturated carbocycles. The predicted octanol–water partition coefficient (Wildman–Crippen LogP) is 13.0. The van der Waals surface area contributed by atoms with Crippen LogP contribution in [-0.4, -0.2) is 0 Å². The summed E-state index contributed by atoms with van der Waals surface area (Å²) in [4.78, 5) is 0. The summed E-state index contributed by atoms with van der Waals surface area (Å²) in [5, 5.41) is 0. The van der Waals surface area contributed by atoms with Gasteiger partial charge in [0.1, 0.15) is 5.82 Å². The van der Waals surface area contributed by atoms with Gasteiger partial charge in [0.15, 0.2) is 11.6 Å². The lowest BCUT2D eigenvalue weighted by Crippen LogP contribution is -2.25. The van der Waals surface area contributed by atoms with Crippen LogP contribution in [0.5, 0.6) is 0 Å². The van der Waals surface area contributed by atoms with Crippen molar-refractivity contribution in [3.8, 4) is 22.3 Å². The number of benzene rings is 3. The van der Waals surface area contributed by atoms with Crippen molar-refractivity contribution in [2.24, 2.45) is 17.8 Å². The van der Waals surface area contributed by atoms with E-state index in [0.717, 1.165) is 54.6 Å². The van der Waals surface area contributed by atoms with E-state index in [2.05, 4.69) is 13.0 Å². The summed E-state index contributed by atoms with van der Waals surface area (Å²) in [6, 6.07) is 16.2. The van der Waals surface area contributed by atoms with Crippen LogP contribution in [0.4, 0.5) is 13.2 Å². The van der Waals surface area contributed by atoms with E-state index in [1.807, 2.05) is 25.1 Å². The Hall–Kier alpha value is -2.81. The Morgan fingerprint density at radius 2 is 1.32 bits per heavy atom. The number of allylic oxidation sites excluding steroid dienone is 2. The third-order valence-electron chi connectivity index (χ3n) is 10.7. The zero-order valence-electron chi connectivity index (χ0n) is 26.9. The molecule has 0 bridgehead atoms. The van der Waals surface area contributed by atoms with Crippen molar-refractivity contribution in [3.63, 3.8) is 0 Å². The second-order valence-corrected chi connectivity index (χ2v) is 13.6. The Balaban J connectivity index is 1.16. The largest absolute Gasteiger partial charge is 0.206 e. The molecule has 0 aliphatic heterocycles. The van der Waals surface area contributed by atoms with Gasteiger partial charge in [-0.05, 0) is 117 Å². The fraction of sp³-hybridized carbons (Fsp3) is 0.512. The summed E-state index contributed by atoms with van der Waals surface area (Å²) in [6.07, 6.45) is 22.2. The molecule has 0 heterocycles. The van der Waals surface area contributed by atoms with E-state index in [1.165, 1.54) is 64.2 Å². The highest BCUT2D eigenvalue weighted by molar-refractivity contribution is 5.71. The first-order valence-electron chi connectivity index (χ1n) is 17.5. The molecule has 0 unspecified atom stereocenters. The first kappa shape index (κ1) is 32.6. The molecule has 0 saturated heterocycles. The molecular formula is C41H51F3. The molecule has 3 aromatic carbocycles. The highest BCUT2D eigenvalue weighted by Crippen LogP contribution is 2.45. The van der Waals surface area contributed by atoms with Crippen LogP contribution in [-0.2, 0) is 6.42 Å². The zero-order chi connectivity index (χ0) is 30.9. The standard InChI is InChI=1S/C41H51F3/c1-3-5-7-9-11-35-24-27-38(41(44)40(35)43)34-22-20-33(21-23-34)37-26-25-36(28-39(37)42)32-18-16-31(17-19-32)30-14-12-29(13-15-30)10-8-6-4-2/h3,5,20-32H,4,6-19H2,1-2H3. The average Bonchev–Trinajstić information content (AvgIpc) is 3.06. The molecule has 3 aromatic rings. The average molecular weight is 601 g/mol. The zero-order valence-corrected chi connectivity index (χ0v) is 26.9. The molecular weight excluding hydrogens is 549 g/mol. The van der Waals surface area contributed by atoms with Gasteiger partial charge in [0.25, 0.3) is 0 Å². The number of halogens is 3. The molecule has 3 heteroatoms. The first-order valence-corrected chi connectivity index (χ1v) is 17.5. The molecule has 0 aromatic heterocycles. The van der Waals surface area contributed by atoms with E-state index in [4.69, 9.17) is 0 Å². The molecule has 0 spiro atoms. The molecule has 44 heavy (non-hydrogen) atoms. The van der Waals surface area contributed by atoms with E-state index in [0.29, 0.717) is 29.0 Å². The highest BCUT2D eigenvalue weighted by Gasteiger charge is 2.31. The molecule has 2 aliphatic carbocycles. The minimum absolute atomic E-state index is 0.210. The van der Waals surface area contributed by atoms with E-state index in [1.54, 1.807) is 42.5 Å². The smallest absolute Gasteiger partial charge is 0.166 e. The first-order chi connectivity index (χ1) is 21.5. The van der Waals surface area contributed by atoms with Crippen LogP contribution in [0.2, 0.25) is 0 Å². The lowest BCUT2D eigenvalue weighted by atomic mass is 9.68. The molecule has 2 aliphatic rings. The van der Waals surface area contributed by atoms with Gasteiger partial charge in [0, 0.05) is 11.1 Å². The van der Waals surface area contributed by atoms with Crippen LogP contribution in [0.15, 0.2) is 66.7 Å². The van der Waals surface area contributed by atoms with Crippen molar-refractivity contribution in [3.05, 3.63) is 95.3 Å². The third-order valence-corrected chi connectivity index (χ3v) is 10.7. The van der Waals surface area contributed by atoms with Crippen LogP contribution < -0.4 is 0 Å². The van der Waals surface area contributed by atoms with Gasteiger partial charge < -0.3 is 0 Å². The fourth-order valence-electron chi connectivity index (χ4n) is 7.99. The molecule has 5 rings (SSSR count). The van der Waals surface area contributed by atoms with E-state index in [9.17, 15) is 8.78 Å². The maximum Gasteiger partial charge on any atom is 0.166 e. The molecule has 236 valence electrons. The number of unbranched alkanes of at least 4 members (excludes halogenated alkanes) is 3. The van der Waals surface area contributed by atoms with Crippen molar-refractivity contribution >= 4 is 0 Å². The van der Waals surface area contributed by atoms with Gasteiger partial charge in [0.05, 0.1) is 0 Å². The molecule has 0 N–H and O–H groups in total. The fourth-order valence-corrected chi connectivity index (χ4v) is 7.99. The van der Waals surface area contributed by atoms with Crippen LogP contribution in [0.3, 0.4) is 0 Å². The lowest BCUT2D eigenvalue weighted by molar-refractivity contribution is 0.155. The van der Waals surface area contributed by atoms with Crippen molar-refractivity contribution in [2.45, 2.75) is 116 Å². The second-order valence-electron chi connectivity index (χ2n) is 13.6. The topological polar surface area (TPSA) is 0 Å². The van der Waals surface area contributed by atoms with E-state index >= 15 is 4.39 Å². The Kier molecular flexibility index (Phi) is 11.8. The lowest BCUT2D eigenvalue weighted by Gasteiger charge is -2.38. The van der Waals surface area contributed by atoms with Gasteiger partial charge in [-0.1, -0.05) is 106 Å². The normalized spacial score (nSPS) is 22.5. The summed E-state index contributed by atoms with van der Waals surface area (Å²) >= 11 is 0. The van der Waals surface area contributed by atoms with E-state index in [-0.39, 0.29) is 11.4 Å². The summed E-state index contributed by atoms with van der Waals surface area (Å²) in [7, 11) is 0. The third kappa shape index (κ3) is 8.06. The maximum absolute atomic E-state index is 15.4. The van der Waals surface area contributed by atoms with E-state index < -0.39 is 11.6 Å². The van der Waals surface area contributed by atoms with Gasteiger partial charge >= 0.3 is 0 Å². The minimum atomic E-state index is -0.818. The second kappa shape index (κ2) is 16.0. The van der Waals surface area contributed by atoms with Gasteiger partial charge in [-0.3, -0.25) is 0 Å². The van der Waals surface area contributed by atoms with Crippen LogP contribution >= 0.6 is 0 Å². The minimum Gasteiger partial charge on any atom is -0.206 e. The van der Waals surface area contributed by atoms with Gasteiger partial charge in [-0.15, -0.1) is 0 Å². The van der Waals surface area contributed by atoms with Crippen LogP contribution in [0.1, 0.15) is 121 Å². The van der Waals surface area contributed by atoms with Crippen molar-refractivity contribution in [2.75, 3.05) is 0 Å². The quantitative estimate of drug-likeness (QED) is 0.143. The summed E-state index contributed by atoms with van der Waals surface area (Å²) in [5.74, 6) is 1.35. The summed E-state index contributed by atoms with van der Waals surface area (Å²) in [6.45, 7) is 4.24. The Bertz CT molecular complexity index is 1360. The summed E-state index contributed by atoms with van der Waals surface area (Å²) in [5.41, 5.74) is 3.63. The van der Waals surface area contributed by atoms with Gasteiger partial charge in [0.2, 0.25) is 0 Å². The maximum atomic E-state index is 15.4. The van der Waals surface area contributed by atoms with Gasteiger partial charge in [-0.2, -0.15) is 0 Å². The van der Waals surface area contributed by atoms with Crippen molar-refractivity contribution in [1.29, 1.82) is 0 Å². The molecule has 0 nitrogen and oxygen atoms in total. The Morgan fingerprint density at radius 1 is 0.682 bits per heavy atom. The van der Waals surface area contributed by atoms with Crippen LogP contribution in [0.25, 0.3) is 22.3 Å². The highest BCUT2D eigenvalue weighted by atomic mass is 19.2. The number of rotatable bonds is 12. The van der Waals surface area contributed by atoms with Crippen LogP contribution in [0, 0.1) is 35.2 Å². The van der Waals surface area contributed by atoms with Crippen molar-refractivity contribution < 1.29 is 13.2 Å². The number of hydrogen-bond donors (Lipinski definition) is 0. The van der Waals surface area contributed by atoms with Gasteiger partial charge in [-0.25, -0.2) is 13.2 Å².